The third kappa shape index (κ3) is 4.55. The Kier molecular flexibility index (Phi) is 5.67. The lowest BCUT2D eigenvalue weighted by Crippen LogP contribution is -2.30. The minimum Gasteiger partial charge on any atom is -0.357 e. The lowest BCUT2D eigenvalue weighted by Gasteiger charge is -2.27. The van der Waals surface area contributed by atoms with Crippen LogP contribution in [-0.4, -0.2) is 33.8 Å². The molecule has 1 aromatic carbocycles. The summed E-state index contributed by atoms with van der Waals surface area (Å²) in [6, 6.07) is 9.85. The molecule has 1 N–H and O–H groups in total. The Bertz CT molecular complexity index is 1050. The number of rotatable bonds is 4. The van der Waals surface area contributed by atoms with Gasteiger partial charge in [0.1, 0.15) is 5.82 Å². The third-order valence-corrected chi connectivity index (χ3v) is 5.25. The van der Waals surface area contributed by atoms with Gasteiger partial charge in [-0.05, 0) is 50.5 Å². The molecule has 2 aromatic heterocycles. The summed E-state index contributed by atoms with van der Waals surface area (Å²) in [5, 5.41) is 6.34. The largest absolute Gasteiger partial charge is 0.434 e. The molecule has 3 heterocycles. The van der Waals surface area contributed by atoms with Crippen LogP contribution < -0.4 is 10.2 Å². The van der Waals surface area contributed by atoms with E-state index in [9.17, 15) is 18.0 Å². The number of halogens is 3. The number of amides is 1. The zero-order chi connectivity index (χ0) is 22.0. The molecule has 0 saturated carbocycles. The Labute approximate surface area is 177 Å². The van der Waals surface area contributed by atoms with E-state index in [0.717, 1.165) is 48.2 Å². The highest BCUT2D eigenvalue weighted by atomic mass is 19.4. The molecule has 0 aliphatic carbocycles. The fraction of sp³-hybridized carbons (Fsp3) is 0.318. The van der Waals surface area contributed by atoms with Gasteiger partial charge in [-0.15, -0.1) is 0 Å². The molecule has 1 fully saturated rings. The van der Waals surface area contributed by atoms with E-state index in [4.69, 9.17) is 0 Å². The van der Waals surface area contributed by atoms with E-state index in [1.807, 2.05) is 6.92 Å². The number of pyridine rings is 1. The number of hydrogen-bond donors (Lipinski definition) is 1. The average Bonchev–Trinajstić information content (AvgIpc) is 3.21. The molecule has 162 valence electrons. The fourth-order valence-electron chi connectivity index (χ4n) is 3.64. The summed E-state index contributed by atoms with van der Waals surface area (Å²) in [4.78, 5) is 19.2. The molecule has 1 saturated heterocycles. The van der Waals surface area contributed by atoms with Gasteiger partial charge in [-0.2, -0.15) is 18.3 Å². The molecule has 0 spiro atoms. The zero-order valence-electron chi connectivity index (χ0n) is 17.0. The Hall–Kier alpha value is -3.36. The predicted molar refractivity (Wildman–Crippen MR) is 112 cm³/mol. The van der Waals surface area contributed by atoms with E-state index >= 15 is 0 Å². The molecule has 31 heavy (non-hydrogen) atoms. The molecule has 0 unspecified atom stereocenters. The smallest absolute Gasteiger partial charge is 0.357 e. The van der Waals surface area contributed by atoms with Crippen molar-refractivity contribution in [3.8, 4) is 5.69 Å². The van der Waals surface area contributed by atoms with Crippen LogP contribution in [0.3, 0.4) is 0 Å². The number of alkyl halides is 3. The summed E-state index contributed by atoms with van der Waals surface area (Å²) in [6.45, 7) is 3.68. The number of nitrogens with zero attached hydrogens (tertiary/aromatic N) is 4. The van der Waals surface area contributed by atoms with Crippen molar-refractivity contribution in [1.82, 2.24) is 14.8 Å². The normalized spacial score (nSPS) is 14.5. The second-order valence-electron chi connectivity index (χ2n) is 7.56. The quantitative estimate of drug-likeness (QED) is 0.645. The van der Waals surface area contributed by atoms with Crippen LogP contribution in [0.1, 0.15) is 40.9 Å². The lowest BCUT2D eigenvalue weighted by atomic mass is 10.1. The first-order chi connectivity index (χ1) is 14.8. The SMILES string of the molecule is Cc1ccc(-n2ncc(C(=O)Nc3ccc(N4CCCCC4)nc3)c2C(F)(F)F)cc1. The van der Waals surface area contributed by atoms with E-state index < -0.39 is 23.3 Å². The molecule has 4 rings (SSSR count). The molecule has 0 atom stereocenters. The van der Waals surface area contributed by atoms with Gasteiger partial charge >= 0.3 is 6.18 Å². The van der Waals surface area contributed by atoms with Crippen LogP contribution in [0, 0.1) is 6.92 Å². The minimum atomic E-state index is -4.76. The second-order valence-corrected chi connectivity index (χ2v) is 7.56. The Morgan fingerprint density at radius 2 is 1.71 bits per heavy atom. The molecule has 0 radical (unpaired) electrons. The third-order valence-electron chi connectivity index (χ3n) is 5.25. The molecular formula is C22H22F3N5O. The maximum absolute atomic E-state index is 13.8. The first kappa shape index (κ1) is 20.9. The molecule has 3 aromatic rings. The first-order valence-corrected chi connectivity index (χ1v) is 10.1. The summed E-state index contributed by atoms with van der Waals surface area (Å²) in [5.41, 5.74) is -0.214. The van der Waals surface area contributed by atoms with E-state index in [1.54, 1.807) is 24.3 Å². The highest BCUT2D eigenvalue weighted by Gasteiger charge is 2.40. The van der Waals surface area contributed by atoms with Crippen molar-refractivity contribution in [3.63, 3.8) is 0 Å². The maximum atomic E-state index is 13.8. The molecule has 1 aliphatic rings. The van der Waals surface area contributed by atoms with Crippen LogP contribution in [0.2, 0.25) is 0 Å². The van der Waals surface area contributed by atoms with E-state index in [0.29, 0.717) is 5.69 Å². The maximum Gasteiger partial charge on any atom is 0.434 e. The summed E-state index contributed by atoms with van der Waals surface area (Å²) in [5.74, 6) is -0.0981. The first-order valence-electron chi connectivity index (χ1n) is 10.1. The number of piperidine rings is 1. The van der Waals surface area contributed by atoms with Gasteiger partial charge in [0.25, 0.3) is 5.91 Å². The molecule has 6 nitrogen and oxygen atoms in total. The van der Waals surface area contributed by atoms with Crippen LogP contribution in [0.25, 0.3) is 5.69 Å². The number of aromatic nitrogens is 3. The van der Waals surface area contributed by atoms with Crippen molar-refractivity contribution in [2.24, 2.45) is 0 Å². The number of benzene rings is 1. The van der Waals surface area contributed by atoms with Gasteiger partial charge in [0.05, 0.1) is 29.3 Å². The van der Waals surface area contributed by atoms with Crippen LogP contribution in [0.15, 0.2) is 48.8 Å². The van der Waals surface area contributed by atoms with Gasteiger partial charge in [-0.1, -0.05) is 17.7 Å². The zero-order valence-corrected chi connectivity index (χ0v) is 17.0. The van der Waals surface area contributed by atoms with Crippen molar-refractivity contribution < 1.29 is 18.0 Å². The molecule has 1 aliphatic heterocycles. The topological polar surface area (TPSA) is 63.1 Å². The second kappa shape index (κ2) is 8.41. The number of aryl methyl sites for hydroxylation is 1. The highest BCUT2D eigenvalue weighted by Crippen LogP contribution is 2.34. The van der Waals surface area contributed by atoms with Gasteiger partial charge in [-0.3, -0.25) is 4.79 Å². The van der Waals surface area contributed by atoms with Crippen molar-refractivity contribution >= 4 is 17.4 Å². The van der Waals surface area contributed by atoms with Crippen molar-refractivity contribution in [3.05, 3.63) is 65.6 Å². The Morgan fingerprint density at radius 1 is 1.00 bits per heavy atom. The van der Waals surface area contributed by atoms with Crippen LogP contribution in [0.5, 0.6) is 0 Å². The number of nitrogens with one attached hydrogen (secondary N) is 1. The van der Waals surface area contributed by atoms with Crippen molar-refractivity contribution in [2.75, 3.05) is 23.3 Å². The van der Waals surface area contributed by atoms with Gasteiger partial charge < -0.3 is 10.2 Å². The van der Waals surface area contributed by atoms with Crippen LogP contribution in [0.4, 0.5) is 24.7 Å². The Balaban J connectivity index is 1.57. The monoisotopic (exact) mass is 429 g/mol. The molecule has 1 amide bonds. The number of hydrogen-bond acceptors (Lipinski definition) is 4. The average molecular weight is 429 g/mol. The predicted octanol–water partition coefficient (Wildman–Crippen LogP) is 4.84. The molecule has 9 heteroatoms. The standard InChI is InChI=1S/C22H22F3N5O/c1-15-5-8-17(9-6-15)30-20(22(23,24)25)18(14-27-30)21(31)28-16-7-10-19(26-13-16)29-11-3-2-4-12-29/h5-10,13-14H,2-4,11-12H2,1H3,(H,28,31). The van der Waals surface area contributed by atoms with Gasteiger partial charge in [0, 0.05) is 13.1 Å². The van der Waals surface area contributed by atoms with Gasteiger partial charge in [0.15, 0.2) is 5.69 Å². The van der Waals surface area contributed by atoms with Gasteiger partial charge in [-0.25, -0.2) is 9.67 Å². The van der Waals surface area contributed by atoms with E-state index in [2.05, 4.69) is 20.3 Å². The number of anilines is 2. The number of carbonyl (C=O) groups excluding carboxylic acids is 1. The summed E-state index contributed by atoms with van der Waals surface area (Å²) in [6.07, 6.45) is 1.04. The van der Waals surface area contributed by atoms with Gasteiger partial charge in [0.2, 0.25) is 0 Å². The number of carbonyl (C=O) groups is 1. The summed E-state index contributed by atoms with van der Waals surface area (Å²) >= 11 is 0. The van der Waals surface area contributed by atoms with Crippen LogP contribution >= 0.6 is 0 Å². The van der Waals surface area contributed by atoms with E-state index in [1.165, 1.54) is 24.8 Å². The van der Waals surface area contributed by atoms with Crippen molar-refractivity contribution in [2.45, 2.75) is 32.4 Å². The van der Waals surface area contributed by atoms with Crippen molar-refractivity contribution in [1.29, 1.82) is 0 Å². The van der Waals surface area contributed by atoms with Crippen LogP contribution in [-0.2, 0) is 6.18 Å². The summed E-state index contributed by atoms with van der Waals surface area (Å²) in [7, 11) is 0. The molecule has 0 bridgehead atoms. The Morgan fingerprint density at radius 3 is 2.32 bits per heavy atom. The molecular weight excluding hydrogens is 407 g/mol. The summed E-state index contributed by atoms with van der Waals surface area (Å²) < 4.78 is 42.2. The highest BCUT2D eigenvalue weighted by molar-refractivity contribution is 6.05. The van der Waals surface area contributed by atoms with E-state index in [-0.39, 0.29) is 5.69 Å². The minimum absolute atomic E-state index is 0.226. The lowest BCUT2D eigenvalue weighted by molar-refractivity contribution is -0.143. The fourth-order valence-corrected chi connectivity index (χ4v) is 3.64.